The first-order chi connectivity index (χ1) is 21.3. The van der Waals surface area contributed by atoms with E-state index < -0.39 is 0 Å². The van der Waals surface area contributed by atoms with Gasteiger partial charge in [-0.3, -0.25) is 19.2 Å². The molecule has 4 rings (SSSR count). The summed E-state index contributed by atoms with van der Waals surface area (Å²) in [7, 11) is 1.41. The second-order valence-electron chi connectivity index (χ2n) is 11.7. The summed E-state index contributed by atoms with van der Waals surface area (Å²) in [5, 5.41) is 8.25. The molecule has 44 heavy (non-hydrogen) atoms. The van der Waals surface area contributed by atoms with Crippen LogP contribution in [-0.2, 0) is 25.7 Å². The van der Waals surface area contributed by atoms with Gasteiger partial charge in [0.1, 0.15) is 12.2 Å². The molecular weight excluding hydrogens is 576 g/mol. The summed E-state index contributed by atoms with van der Waals surface area (Å²) in [6.07, 6.45) is 8.24. The molecule has 0 unspecified atom stereocenters. The summed E-state index contributed by atoms with van der Waals surface area (Å²) in [6.45, 7) is 5.24. The lowest BCUT2D eigenvalue weighted by Gasteiger charge is -2.28. The van der Waals surface area contributed by atoms with Crippen LogP contribution >= 0.6 is 11.3 Å². The number of thiophene rings is 1. The van der Waals surface area contributed by atoms with Crippen molar-refractivity contribution in [2.24, 2.45) is 5.92 Å². The van der Waals surface area contributed by atoms with Crippen molar-refractivity contribution in [1.82, 2.24) is 15.2 Å². The molecule has 9 nitrogen and oxygen atoms in total. The molecule has 2 heterocycles. The molecule has 2 aromatic heterocycles. The first kappa shape index (κ1) is 33.2. The summed E-state index contributed by atoms with van der Waals surface area (Å²) < 4.78 is 7.46. The van der Waals surface area contributed by atoms with Crippen LogP contribution in [0, 0.1) is 12.8 Å². The second-order valence-corrected chi connectivity index (χ2v) is 12.6. The molecule has 10 heteroatoms. The number of hydrogen-bond acceptors (Lipinski definition) is 6. The minimum atomic E-state index is -0.181. The molecule has 1 aliphatic carbocycles. The summed E-state index contributed by atoms with van der Waals surface area (Å²) in [6, 6.07) is 11.7. The van der Waals surface area contributed by atoms with Crippen molar-refractivity contribution in [3.8, 4) is 0 Å². The van der Waals surface area contributed by atoms with E-state index in [1.54, 1.807) is 16.2 Å². The largest absolute Gasteiger partial charge is 0.469 e. The van der Waals surface area contributed by atoms with E-state index in [1.807, 2.05) is 60.2 Å². The van der Waals surface area contributed by atoms with Gasteiger partial charge in [0.15, 0.2) is 0 Å². The topological polar surface area (TPSA) is 110 Å². The fraction of sp³-hybridized carbons (Fsp3) is 0.529. The van der Waals surface area contributed by atoms with Gasteiger partial charge in [0.05, 0.1) is 17.3 Å². The fourth-order valence-electron chi connectivity index (χ4n) is 6.00. The molecule has 0 saturated heterocycles. The number of aryl methyl sites for hydroxylation is 1. The standard InChI is InChI=1S/C34H46N4O5S/c1-4-37(27-12-10-11-24(2)21-27)31(39)23-38-28-18-20-44-30(28)22-29(38)34(42)36-26-16-14-25(15-17-26)33(41)35-19-9-7-5-6-8-13-32(40)43-3/h10-12,18,20-22,25-26H,4-9,13-17,19,23H2,1-3H3,(H,35,41)(H,36,42)/t25-,26-. The molecule has 0 spiro atoms. The van der Waals surface area contributed by atoms with Gasteiger partial charge in [-0.1, -0.05) is 31.4 Å². The molecule has 3 aromatic rings. The number of ether oxygens (including phenoxy) is 1. The quantitative estimate of drug-likeness (QED) is 0.160. The van der Waals surface area contributed by atoms with E-state index in [9.17, 15) is 19.2 Å². The fourth-order valence-corrected chi connectivity index (χ4v) is 6.82. The van der Waals surface area contributed by atoms with Crippen molar-refractivity contribution < 1.29 is 23.9 Å². The van der Waals surface area contributed by atoms with Crippen LogP contribution in [0.25, 0.3) is 10.2 Å². The van der Waals surface area contributed by atoms with E-state index in [4.69, 9.17) is 0 Å². The van der Waals surface area contributed by atoms with Gasteiger partial charge < -0.3 is 24.8 Å². The highest BCUT2D eigenvalue weighted by Gasteiger charge is 2.28. The number of esters is 1. The van der Waals surface area contributed by atoms with Crippen molar-refractivity contribution in [3.63, 3.8) is 0 Å². The van der Waals surface area contributed by atoms with Crippen LogP contribution in [0.3, 0.4) is 0 Å². The van der Waals surface area contributed by atoms with Gasteiger partial charge in [0.2, 0.25) is 11.8 Å². The molecule has 0 atom stereocenters. The third-order valence-corrected chi connectivity index (χ3v) is 9.35. The van der Waals surface area contributed by atoms with Gasteiger partial charge in [-0.2, -0.15) is 0 Å². The number of hydrogen-bond donors (Lipinski definition) is 2. The summed E-state index contributed by atoms with van der Waals surface area (Å²) in [4.78, 5) is 52.6. The lowest BCUT2D eigenvalue weighted by Crippen LogP contribution is -2.42. The van der Waals surface area contributed by atoms with Crippen LogP contribution in [0.15, 0.2) is 41.8 Å². The maximum absolute atomic E-state index is 13.5. The molecule has 3 amide bonds. The van der Waals surface area contributed by atoms with Gasteiger partial charge in [-0.05, 0) is 87.6 Å². The highest BCUT2D eigenvalue weighted by Crippen LogP contribution is 2.28. The Morgan fingerprint density at radius 2 is 1.75 bits per heavy atom. The maximum atomic E-state index is 13.5. The van der Waals surface area contributed by atoms with E-state index in [1.165, 1.54) is 7.11 Å². The molecule has 0 bridgehead atoms. The molecule has 1 saturated carbocycles. The molecule has 238 valence electrons. The lowest BCUT2D eigenvalue weighted by atomic mass is 9.85. The van der Waals surface area contributed by atoms with Gasteiger partial charge in [-0.15, -0.1) is 11.3 Å². The molecule has 0 aliphatic heterocycles. The molecular formula is C34H46N4O5S. The Labute approximate surface area is 264 Å². The third-order valence-electron chi connectivity index (χ3n) is 8.50. The highest BCUT2D eigenvalue weighted by molar-refractivity contribution is 7.17. The van der Waals surface area contributed by atoms with Crippen LogP contribution in [-0.4, -0.2) is 54.5 Å². The normalized spacial score (nSPS) is 16.4. The Morgan fingerprint density at radius 1 is 1.00 bits per heavy atom. The molecule has 1 fully saturated rings. The zero-order valence-electron chi connectivity index (χ0n) is 26.2. The van der Waals surface area contributed by atoms with E-state index >= 15 is 0 Å². The number of anilines is 1. The van der Waals surface area contributed by atoms with Crippen molar-refractivity contribution in [1.29, 1.82) is 0 Å². The predicted molar refractivity (Wildman–Crippen MR) is 175 cm³/mol. The van der Waals surface area contributed by atoms with E-state index in [0.717, 1.165) is 79.3 Å². The van der Waals surface area contributed by atoms with Crippen LogP contribution in [0.2, 0.25) is 0 Å². The van der Waals surface area contributed by atoms with E-state index in [-0.39, 0.29) is 42.2 Å². The number of benzene rings is 1. The number of nitrogens with zero attached hydrogens (tertiary/aromatic N) is 2. The average molecular weight is 623 g/mol. The summed E-state index contributed by atoms with van der Waals surface area (Å²) in [5.41, 5.74) is 3.31. The van der Waals surface area contributed by atoms with E-state index in [0.29, 0.717) is 25.2 Å². The first-order valence-electron chi connectivity index (χ1n) is 15.9. The number of fused-ring (bicyclic) bond motifs is 1. The molecule has 0 radical (unpaired) electrons. The Hall–Kier alpha value is -3.66. The van der Waals surface area contributed by atoms with Gasteiger partial charge >= 0.3 is 5.97 Å². The second kappa shape index (κ2) is 16.4. The summed E-state index contributed by atoms with van der Waals surface area (Å²) >= 11 is 1.56. The van der Waals surface area contributed by atoms with Crippen LogP contribution in [0.5, 0.6) is 0 Å². The number of methoxy groups -OCH3 is 1. The van der Waals surface area contributed by atoms with Gasteiger partial charge in [-0.25, -0.2) is 0 Å². The molecule has 1 aromatic carbocycles. The molecule has 2 N–H and O–H groups in total. The zero-order chi connectivity index (χ0) is 31.5. The number of unbranched alkanes of at least 4 members (excludes halogenated alkanes) is 4. The lowest BCUT2D eigenvalue weighted by molar-refractivity contribution is -0.140. The van der Waals surface area contributed by atoms with E-state index in [2.05, 4.69) is 15.4 Å². The number of carbonyl (C=O) groups excluding carboxylic acids is 4. The van der Waals surface area contributed by atoms with Crippen molar-refractivity contribution in [2.75, 3.05) is 25.1 Å². The number of aromatic nitrogens is 1. The Morgan fingerprint density at radius 3 is 2.48 bits per heavy atom. The zero-order valence-corrected chi connectivity index (χ0v) is 27.0. The van der Waals surface area contributed by atoms with Crippen molar-refractivity contribution in [2.45, 2.75) is 90.6 Å². The predicted octanol–water partition coefficient (Wildman–Crippen LogP) is 5.98. The minimum absolute atomic E-state index is 0.00642. The number of likely N-dealkylation sites (N-methyl/N-ethyl adjacent to an activating group) is 1. The van der Waals surface area contributed by atoms with Crippen LogP contribution in [0.1, 0.15) is 87.2 Å². The van der Waals surface area contributed by atoms with Crippen LogP contribution < -0.4 is 15.5 Å². The Balaban J connectivity index is 1.25. The maximum Gasteiger partial charge on any atom is 0.305 e. The van der Waals surface area contributed by atoms with Crippen LogP contribution in [0.4, 0.5) is 5.69 Å². The Bertz CT molecular complexity index is 1420. The third kappa shape index (κ3) is 8.94. The van der Waals surface area contributed by atoms with Gasteiger partial charge in [0, 0.05) is 37.2 Å². The SMILES string of the molecule is CCN(C(=O)Cn1c(C(=O)N[C@H]2CC[C@H](C(=O)NCCCCCCCC(=O)OC)CC2)cc2sccc21)c1cccc(C)c1. The number of rotatable bonds is 15. The monoisotopic (exact) mass is 622 g/mol. The smallest absolute Gasteiger partial charge is 0.305 e. The minimum Gasteiger partial charge on any atom is -0.469 e. The van der Waals surface area contributed by atoms with Gasteiger partial charge in [0.25, 0.3) is 5.91 Å². The van der Waals surface area contributed by atoms with Crippen molar-refractivity contribution in [3.05, 3.63) is 53.0 Å². The average Bonchev–Trinajstić information content (AvgIpc) is 3.61. The van der Waals surface area contributed by atoms with Crippen molar-refractivity contribution >= 4 is 50.9 Å². The number of amides is 3. The number of carbonyl (C=O) groups is 4. The highest BCUT2D eigenvalue weighted by atomic mass is 32.1. The Kier molecular flexibility index (Phi) is 12.4. The molecule has 1 aliphatic rings. The number of nitrogens with one attached hydrogen (secondary N) is 2. The first-order valence-corrected chi connectivity index (χ1v) is 16.8. The summed E-state index contributed by atoms with van der Waals surface area (Å²) in [5.74, 6) is -0.343.